The van der Waals surface area contributed by atoms with Crippen LogP contribution in [0.5, 0.6) is 0 Å². The van der Waals surface area contributed by atoms with E-state index in [-0.39, 0.29) is 0 Å². The van der Waals surface area contributed by atoms with Crippen LogP contribution < -0.4 is 0 Å². The molecule has 0 aliphatic heterocycles. The Morgan fingerprint density at radius 2 is 1.62 bits per heavy atom. The Morgan fingerprint density at radius 3 is 1.62 bits per heavy atom. The summed E-state index contributed by atoms with van der Waals surface area (Å²) in [6, 6.07) is 0. The van der Waals surface area contributed by atoms with Gasteiger partial charge in [0.05, 0.1) is 0 Å². The molecule has 52 valence electrons. The molecule has 0 amide bonds. The lowest BCUT2D eigenvalue weighted by atomic mass is 11.0. The van der Waals surface area contributed by atoms with Crippen LogP contribution in [0.15, 0.2) is 0 Å². The molecule has 0 saturated carbocycles. The first-order valence-electron chi connectivity index (χ1n) is 2.37. The van der Waals surface area contributed by atoms with E-state index in [9.17, 15) is 0 Å². The van der Waals surface area contributed by atoms with Crippen LogP contribution in [-0.4, -0.2) is 29.6 Å². The van der Waals surface area contributed by atoms with E-state index < -0.39 is 10.0 Å². The highest BCUT2D eigenvalue weighted by Gasteiger charge is 1.67. The van der Waals surface area contributed by atoms with E-state index in [0.29, 0.717) is 0 Å². The third-order valence-electron chi connectivity index (χ3n) is 0.236. The monoisotopic (exact) mass is 200 g/mol. The minimum atomic E-state index is -0.568. The van der Waals surface area contributed by atoms with E-state index in [4.69, 9.17) is 0 Å². The van der Waals surface area contributed by atoms with Crippen LogP contribution in [0.4, 0.5) is 0 Å². The predicted octanol–water partition coefficient (Wildman–Crippen LogP) is 0.679. The van der Waals surface area contributed by atoms with Crippen molar-refractivity contribution in [2.75, 3.05) is 19.5 Å². The second kappa shape index (κ2) is 15.6. The Morgan fingerprint density at radius 1 is 1.38 bits per heavy atom. The van der Waals surface area contributed by atoms with Crippen molar-refractivity contribution in [1.29, 1.82) is 0 Å². The molecule has 0 atom stereocenters. The van der Waals surface area contributed by atoms with E-state index in [1.54, 1.807) is 14.2 Å². The molecule has 0 aromatic heterocycles. The Labute approximate surface area is 61.8 Å². The lowest BCUT2D eigenvalue weighted by Gasteiger charge is -1.86. The maximum atomic E-state index is 4.61. The highest BCUT2D eigenvalue weighted by Crippen LogP contribution is 1.67. The second-order valence-electron chi connectivity index (χ2n) is 0.962. The summed E-state index contributed by atoms with van der Waals surface area (Å²) in [5.74, 6) is 0. The molecular weight excluding hydrogens is 188 g/mol. The van der Waals surface area contributed by atoms with Crippen molar-refractivity contribution in [3.8, 4) is 0 Å². The summed E-state index contributed by atoms with van der Waals surface area (Å²) in [6.07, 6.45) is 0. The third kappa shape index (κ3) is 30.5. The summed E-state index contributed by atoms with van der Waals surface area (Å²) in [4.78, 5) is 0. The standard InChI is InChI=1S/C2H5Br.C2H8O2Si/c1-2-3;1-3-5-4-2/h2H2,1H3;5H2,1-2H3. The van der Waals surface area contributed by atoms with Gasteiger partial charge in [0.15, 0.2) is 0 Å². The van der Waals surface area contributed by atoms with Crippen molar-refractivity contribution in [3.05, 3.63) is 0 Å². The van der Waals surface area contributed by atoms with Crippen LogP contribution >= 0.6 is 15.9 Å². The molecule has 0 aromatic rings. The van der Waals surface area contributed by atoms with Gasteiger partial charge in [-0.1, -0.05) is 22.9 Å². The molecule has 0 N–H and O–H groups in total. The summed E-state index contributed by atoms with van der Waals surface area (Å²) in [6.45, 7) is 2.04. The molecular formula is C4H13BrO2Si. The lowest BCUT2D eigenvalue weighted by Crippen LogP contribution is -1.93. The van der Waals surface area contributed by atoms with Crippen LogP contribution in [0.2, 0.25) is 0 Å². The molecule has 0 spiro atoms. The number of halogens is 1. The molecule has 0 saturated heterocycles. The van der Waals surface area contributed by atoms with Gasteiger partial charge < -0.3 is 8.85 Å². The van der Waals surface area contributed by atoms with Crippen LogP contribution in [-0.2, 0) is 8.85 Å². The summed E-state index contributed by atoms with van der Waals surface area (Å²) >= 11 is 3.15. The van der Waals surface area contributed by atoms with Gasteiger partial charge in [0.25, 0.3) is 0 Å². The minimum absolute atomic E-state index is 0.568. The molecule has 8 heavy (non-hydrogen) atoms. The minimum Gasteiger partial charge on any atom is -0.402 e. The number of rotatable bonds is 2. The second-order valence-corrected chi connectivity index (χ2v) is 3.47. The van der Waals surface area contributed by atoms with E-state index in [0.717, 1.165) is 5.33 Å². The van der Waals surface area contributed by atoms with Crippen molar-refractivity contribution in [2.24, 2.45) is 0 Å². The Kier molecular flexibility index (Phi) is 22.3. The molecule has 0 aromatic carbocycles. The fourth-order valence-corrected chi connectivity index (χ4v) is 0.354. The Hall–Kier alpha value is 0.617. The third-order valence-corrected chi connectivity index (χ3v) is 0.707. The average molecular weight is 201 g/mol. The Balaban J connectivity index is 0. The summed E-state index contributed by atoms with van der Waals surface area (Å²) in [7, 11) is 2.73. The maximum absolute atomic E-state index is 4.61. The average Bonchev–Trinajstić information content (AvgIpc) is 1.71. The van der Waals surface area contributed by atoms with Gasteiger partial charge in [-0.3, -0.25) is 0 Å². The zero-order valence-electron chi connectivity index (χ0n) is 5.61. The van der Waals surface area contributed by atoms with Crippen LogP contribution in [0.25, 0.3) is 0 Å². The van der Waals surface area contributed by atoms with Crippen molar-refractivity contribution in [2.45, 2.75) is 6.92 Å². The molecule has 0 rings (SSSR count). The summed E-state index contributed by atoms with van der Waals surface area (Å²) in [5, 5.41) is 1.06. The van der Waals surface area contributed by atoms with Gasteiger partial charge >= 0.3 is 10.0 Å². The number of hydrogen-bond acceptors (Lipinski definition) is 2. The van der Waals surface area contributed by atoms with Gasteiger partial charge in [-0.25, -0.2) is 0 Å². The van der Waals surface area contributed by atoms with Gasteiger partial charge in [-0.05, 0) is 0 Å². The molecule has 0 unspecified atom stereocenters. The van der Waals surface area contributed by atoms with Crippen molar-refractivity contribution < 1.29 is 8.85 Å². The highest BCUT2D eigenvalue weighted by atomic mass is 79.9. The van der Waals surface area contributed by atoms with Crippen LogP contribution in [0.3, 0.4) is 0 Å². The van der Waals surface area contributed by atoms with E-state index >= 15 is 0 Å². The molecule has 2 nitrogen and oxygen atoms in total. The van der Waals surface area contributed by atoms with Gasteiger partial charge in [0, 0.05) is 19.5 Å². The fourth-order valence-electron chi connectivity index (χ4n) is 0.118. The van der Waals surface area contributed by atoms with Crippen LogP contribution in [0.1, 0.15) is 6.92 Å². The fraction of sp³-hybridized carbons (Fsp3) is 1.00. The van der Waals surface area contributed by atoms with Crippen LogP contribution in [0, 0.1) is 0 Å². The Bertz CT molecular complexity index is 28.0. The van der Waals surface area contributed by atoms with Gasteiger partial charge in [-0.15, -0.1) is 0 Å². The van der Waals surface area contributed by atoms with E-state index in [2.05, 4.69) is 24.8 Å². The molecule has 0 aliphatic rings. The quantitative estimate of drug-likeness (QED) is 0.483. The predicted molar refractivity (Wildman–Crippen MR) is 42.0 cm³/mol. The molecule has 0 radical (unpaired) electrons. The first kappa shape index (κ1) is 11.4. The lowest BCUT2D eigenvalue weighted by molar-refractivity contribution is 0.309. The van der Waals surface area contributed by atoms with Gasteiger partial charge in [0.1, 0.15) is 0 Å². The van der Waals surface area contributed by atoms with Crippen molar-refractivity contribution in [1.82, 2.24) is 0 Å². The molecule has 0 bridgehead atoms. The first-order valence-corrected chi connectivity index (χ1v) is 4.64. The first-order chi connectivity index (χ1) is 3.83. The zero-order chi connectivity index (χ0) is 6.83. The molecule has 4 heteroatoms. The molecule has 0 aliphatic carbocycles. The maximum Gasteiger partial charge on any atom is 0.303 e. The highest BCUT2D eigenvalue weighted by molar-refractivity contribution is 9.09. The van der Waals surface area contributed by atoms with E-state index in [1.807, 2.05) is 6.92 Å². The zero-order valence-corrected chi connectivity index (χ0v) is 8.61. The largest absolute Gasteiger partial charge is 0.402 e. The van der Waals surface area contributed by atoms with Gasteiger partial charge in [0.2, 0.25) is 0 Å². The summed E-state index contributed by atoms with van der Waals surface area (Å²) in [5.41, 5.74) is 0. The normalized spacial score (nSPS) is 7.50. The van der Waals surface area contributed by atoms with Crippen molar-refractivity contribution >= 4 is 25.9 Å². The topological polar surface area (TPSA) is 18.5 Å². The van der Waals surface area contributed by atoms with Crippen molar-refractivity contribution in [3.63, 3.8) is 0 Å². The summed E-state index contributed by atoms with van der Waals surface area (Å²) < 4.78 is 9.22. The van der Waals surface area contributed by atoms with E-state index in [1.165, 1.54) is 0 Å². The number of hydrogen-bond donors (Lipinski definition) is 0. The molecule has 0 fully saturated rings. The van der Waals surface area contributed by atoms with Gasteiger partial charge in [-0.2, -0.15) is 0 Å². The SMILES string of the molecule is CCBr.CO[SiH2]OC. The number of alkyl halides is 1. The molecule has 0 heterocycles. The smallest absolute Gasteiger partial charge is 0.303 e.